The maximum atomic E-state index is 8.00. The zero-order valence-corrected chi connectivity index (χ0v) is 29.1. The molecule has 2 fully saturated rings. The molecule has 2 aliphatic heterocycles. The highest BCUT2D eigenvalue weighted by molar-refractivity contribution is 6.63. The smallest absolute Gasteiger partial charge is 0.165 e. The van der Waals surface area contributed by atoms with Crippen LogP contribution in [0, 0.1) is 0 Å². The fraction of sp³-hybridized carbons (Fsp3) is 1.00. The van der Waals surface area contributed by atoms with Crippen molar-refractivity contribution in [2.24, 2.45) is 0 Å². The lowest BCUT2D eigenvalue weighted by Gasteiger charge is -2.38. The van der Waals surface area contributed by atoms with Gasteiger partial charge >= 0.3 is 0 Å². The molecule has 0 unspecified atom stereocenters. The molecule has 0 amide bonds. The average Bonchev–Trinajstić information content (AvgIpc) is 2.68. The first-order valence-electron chi connectivity index (χ1n) is 9.62. The van der Waals surface area contributed by atoms with Gasteiger partial charge in [0.1, 0.15) is 0 Å². The van der Waals surface area contributed by atoms with Crippen LogP contribution >= 0.6 is 0 Å². The summed E-state index contributed by atoms with van der Waals surface area (Å²) in [5.74, 6) is 0. The number of nitrogens with zero attached hydrogens (tertiary/aromatic N) is 6. The SMILES string of the molecule is CN([SiH3])CN(C)[SiH2]N1[SiH2]NCN(CNCN2CC[SiH2]N(C)[SiH2]N[SiH2]2)[SiH2]1.F.FF.FF. The lowest BCUT2D eigenvalue weighted by molar-refractivity contribution is 0.108. The van der Waals surface area contributed by atoms with Crippen LogP contribution in [-0.4, -0.2) is 150 Å². The van der Waals surface area contributed by atoms with Crippen LogP contribution in [0.25, 0.3) is 0 Å². The maximum absolute atomic E-state index is 8.00. The summed E-state index contributed by atoms with van der Waals surface area (Å²) in [6.45, 7) is 5.77. The third kappa shape index (κ3) is 16.4. The standard InChI is InChI=1S/C9H39N9Si7.2F2.FH/c1-13(19)9-14(2)24-18-21-11-8-17(25-18)7-10-6-16-4-5-20-15(3)22-12-23-16;2*1-2;/h10-12H,4-9,20-25H2,1-3,19H3;;;1H. The van der Waals surface area contributed by atoms with Gasteiger partial charge in [0, 0.05) is 45.0 Å². The van der Waals surface area contributed by atoms with Crippen LogP contribution in [0.15, 0.2) is 0 Å². The van der Waals surface area contributed by atoms with Gasteiger partial charge in [-0.2, -0.15) is 0 Å². The van der Waals surface area contributed by atoms with Gasteiger partial charge in [0.25, 0.3) is 0 Å². The summed E-state index contributed by atoms with van der Waals surface area (Å²) in [6.07, 6.45) is 0. The number of rotatable bonds is 8. The molecule has 2 saturated heterocycles. The van der Waals surface area contributed by atoms with E-state index in [1.165, 1.54) is 12.6 Å². The van der Waals surface area contributed by atoms with E-state index in [9.17, 15) is 0 Å². The molecule has 0 aromatic rings. The topological polar surface area (TPSA) is 55.5 Å². The van der Waals surface area contributed by atoms with Gasteiger partial charge in [-0.15, -0.1) is 0 Å². The summed E-state index contributed by atoms with van der Waals surface area (Å²) in [6, 6.07) is 1.46. The second-order valence-corrected chi connectivity index (χ2v) is 25.7. The minimum Gasteiger partial charge on any atom is -0.347 e. The summed E-state index contributed by atoms with van der Waals surface area (Å²) >= 11 is 0. The molecular formula is C9H40F5N9Si7. The molecule has 0 aliphatic carbocycles. The van der Waals surface area contributed by atoms with Crippen LogP contribution in [0.3, 0.4) is 0 Å². The van der Waals surface area contributed by atoms with E-state index in [4.69, 9.17) is 18.3 Å². The normalized spacial score (nSPS) is 24.3. The van der Waals surface area contributed by atoms with E-state index in [0.717, 1.165) is 37.1 Å². The second kappa shape index (κ2) is 21.6. The Morgan fingerprint density at radius 3 is 2.43 bits per heavy atom. The Morgan fingerprint density at radius 1 is 1.10 bits per heavy atom. The molecule has 2 aliphatic rings. The van der Waals surface area contributed by atoms with E-state index >= 15 is 0 Å². The zero-order valence-electron chi connectivity index (χ0n) is 18.6. The quantitative estimate of drug-likeness (QED) is 0.151. The fourth-order valence-corrected chi connectivity index (χ4v) is 21.6. The highest BCUT2D eigenvalue weighted by atomic mass is 28.4. The van der Waals surface area contributed by atoms with Crippen molar-refractivity contribution in [1.82, 2.24) is 41.3 Å². The van der Waals surface area contributed by atoms with Crippen LogP contribution in [0.2, 0.25) is 6.04 Å². The van der Waals surface area contributed by atoms with Crippen molar-refractivity contribution < 1.29 is 23.0 Å². The Bertz CT molecular complexity index is 380. The van der Waals surface area contributed by atoms with Crippen molar-refractivity contribution in [3.8, 4) is 0 Å². The summed E-state index contributed by atoms with van der Waals surface area (Å²) < 4.78 is 51.7. The summed E-state index contributed by atoms with van der Waals surface area (Å²) in [7, 11) is 7.17. The van der Waals surface area contributed by atoms with Crippen LogP contribution in [-0.2, 0) is 0 Å². The van der Waals surface area contributed by atoms with Gasteiger partial charge in [0.05, 0.1) is 20.1 Å². The van der Waals surface area contributed by atoms with E-state index in [-0.39, 0.29) is 63.6 Å². The zero-order chi connectivity index (χ0) is 22.1. The second-order valence-electron chi connectivity index (χ2n) is 7.73. The van der Waals surface area contributed by atoms with Gasteiger partial charge in [0.2, 0.25) is 0 Å². The molecule has 0 aromatic heterocycles. The van der Waals surface area contributed by atoms with E-state index in [1.807, 2.05) is 0 Å². The van der Waals surface area contributed by atoms with E-state index in [0.29, 0.717) is 0 Å². The summed E-state index contributed by atoms with van der Waals surface area (Å²) in [5, 5.41) is 3.74. The number of hydrogen-bond donors (Lipinski definition) is 3. The van der Waals surface area contributed by atoms with Gasteiger partial charge in [0.15, 0.2) is 49.2 Å². The molecule has 0 aromatic carbocycles. The highest BCUT2D eigenvalue weighted by Crippen LogP contribution is 1.95. The molecule has 184 valence electrons. The Labute approximate surface area is 194 Å². The van der Waals surface area contributed by atoms with Crippen molar-refractivity contribution in [3.05, 3.63) is 0 Å². The first kappa shape index (κ1) is 33.0. The monoisotopic (exact) mass is 565 g/mol. The van der Waals surface area contributed by atoms with Gasteiger partial charge in [-0.25, -0.2) is 0 Å². The first-order valence-corrected chi connectivity index (χ1v) is 18.7. The molecule has 3 N–H and O–H groups in total. The Hall–Kier alpha value is 0.808. The van der Waals surface area contributed by atoms with Gasteiger partial charge < -0.3 is 31.5 Å². The average molecular weight is 566 g/mol. The molecule has 0 saturated carbocycles. The molecule has 0 bridgehead atoms. The largest absolute Gasteiger partial charge is 0.347 e. The number of nitrogens with one attached hydrogen (secondary N) is 3. The van der Waals surface area contributed by atoms with Crippen LogP contribution in [0.1, 0.15) is 0 Å². The number of hydrogen-bond acceptors (Lipinski definition) is 9. The van der Waals surface area contributed by atoms with Crippen LogP contribution in [0.5, 0.6) is 0 Å². The fourth-order valence-electron chi connectivity index (χ4n) is 3.44. The van der Waals surface area contributed by atoms with Gasteiger partial charge in [-0.3, -0.25) is 14.6 Å². The molecular weight excluding hydrogens is 526 g/mol. The molecule has 0 radical (unpaired) electrons. The van der Waals surface area contributed by atoms with Crippen molar-refractivity contribution >= 4 is 69.3 Å². The summed E-state index contributed by atoms with van der Waals surface area (Å²) in [4.78, 5) is 3.73. The Morgan fingerprint density at radius 2 is 1.77 bits per heavy atom. The lowest BCUT2D eigenvalue weighted by Crippen LogP contribution is -2.63. The minimum atomic E-state index is -0.216. The summed E-state index contributed by atoms with van der Waals surface area (Å²) in [5.41, 5.74) is 0. The molecule has 2 heterocycles. The van der Waals surface area contributed by atoms with E-state index in [2.05, 4.69) is 62.5 Å². The van der Waals surface area contributed by atoms with Crippen LogP contribution in [0.4, 0.5) is 23.0 Å². The highest BCUT2D eigenvalue weighted by Gasteiger charge is 2.19. The third-order valence-corrected chi connectivity index (χ3v) is 18.0. The van der Waals surface area contributed by atoms with E-state index < -0.39 is 0 Å². The predicted molar refractivity (Wildman–Crippen MR) is 135 cm³/mol. The van der Waals surface area contributed by atoms with Crippen molar-refractivity contribution in [1.29, 1.82) is 0 Å². The lowest BCUT2D eigenvalue weighted by atomic mass is 10.7. The van der Waals surface area contributed by atoms with Crippen molar-refractivity contribution in [2.45, 2.75) is 6.04 Å². The number of halogens is 5. The molecule has 21 heteroatoms. The van der Waals surface area contributed by atoms with Crippen molar-refractivity contribution in [2.75, 3.05) is 54.4 Å². The van der Waals surface area contributed by atoms with Crippen LogP contribution < -0.4 is 14.9 Å². The Kier molecular flexibility index (Phi) is 23.8. The molecule has 2 rings (SSSR count). The first-order chi connectivity index (χ1) is 14.0. The molecule has 0 spiro atoms. The molecule has 0 atom stereocenters. The Balaban J connectivity index is 0. The van der Waals surface area contributed by atoms with Gasteiger partial charge in [-0.05, 0) is 33.7 Å². The third-order valence-electron chi connectivity index (χ3n) is 4.44. The molecule has 30 heavy (non-hydrogen) atoms. The molecule has 9 nitrogen and oxygen atoms in total. The maximum Gasteiger partial charge on any atom is 0.165 e. The van der Waals surface area contributed by atoms with Gasteiger partial charge in [-0.1, -0.05) is 0 Å². The van der Waals surface area contributed by atoms with Crippen molar-refractivity contribution in [3.63, 3.8) is 0 Å². The minimum absolute atomic E-state index is 0. The van der Waals surface area contributed by atoms with E-state index in [1.54, 1.807) is 0 Å². The predicted octanol–water partition coefficient (Wildman–Crippen LogP) is -7.08.